The van der Waals surface area contributed by atoms with Crippen molar-refractivity contribution >= 4 is 11.6 Å². The van der Waals surface area contributed by atoms with Crippen LogP contribution in [0.3, 0.4) is 0 Å². The zero-order chi connectivity index (χ0) is 21.1. The van der Waals surface area contributed by atoms with E-state index in [0.29, 0.717) is 37.9 Å². The molecule has 0 spiro atoms. The Kier molecular flexibility index (Phi) is 5.99. The van der Waals surface area contributed by atoms with Gasteiger partial charge in [-0.05, 0) is 31.0 Å². The van der Waals surface area contributed by atoms with Crippen LogP contribution in [-0.4, -0.2) is 70.6 Å². The molecule has 162 valence electrons. The van der Waals surface area contributed by atoms with Crippen molar-refractivity contribution in [1.82, 2.24) is 19.4 Å². The van der Waals surface area contributed by atoms with Gasteiger partial charge in [0.15, 0.2) is 0 Å². The minimum absolute atomic E-state index is 0.0975. The molecule has 2 aliphatic heterocycles. The van der Waals surface area contributed by atoms with E-state index >= 15 is 0 Å². The summed E-state index contributed by atoms with van der Waals surface area (Å²) in [6.45, 7) is 4.71. The Morgan fingerprint density at radius 2 is 1.93 bits per heavy atom. The molecular weight excluding hydrogens is 395 g/mol. The fourth-order valence-corrected chi connectivity index (χ4v) is 4.34. The summed E-state index contributed by atoms with van der Waals surface area (Å²) < 4.78 is 40.8. The lowest BCUT2D eigenvalue weighted by Gasteiger charge is -2.44. The van der Waals surface area contributed by atoms with Gasteiger partial charge >= 0.3 is 6.18 Å². The van der Waals surface area contributed by atoms with Crippen LogP contribution < -0.4 is 4.90 Å². The van der Waals surface area contributed by atoms with Crippen LogP contribution in [-0.2, 0) is 17.5 Å². The summed E-state index contributed by atoms with van der Waals surface area (Å²) in [5, 5.41) is 0. The van der Waals surface area contributed by atoms with Crippen LogP contribution in [0.1, 0.15) is 18.4 Å². The summed E-state index contributed by atoms with van der Waals surface area (Å²) in [5.41, 5.74) is 0.00649. The van der Waals surface area contributed by atoms with Crippen molar-refractivity contribution in [3.63, 3.8) is 0 Å². The summed E-state index contributed by atoms with van der Waals surface area (Å²) >= 11 is 0. The van der Waals surface area contributed by atoms with Gasteiger partial charge in [0.1, 0.15) is 6.54 Å². The Hall–Kier alpha value is -2.55. The van der Waals surface area contributed by atoms with Gasteiger partial charge in [0.05, 0.1) is 11.9 Å². The molecule has 0 bridgehead atoms. The highest BCUT2D eigenvalue weighted by Crippen LogP contribution is 2.32. The second-order valence-corrected chi connectivity index (χ2v) is 7.94. The van der Waals surface area contributed by atoms with Crippen LogP contribution in [0.4, 0.5) is 18.9 Å². The molecule has 9 heteroatoms. The van der Waals surface area contributed by atoms with Crippen molar-refractivity contribution in [2.75, 3.05) is 44.2 Å². The number of hydrogen-bond donors (Lipinski definition) is 0. The van der Waals surface area contributed by atoms with Crippen molar-refractivity contribution in [3.05, 3.63) is 48.5 Å². The van der Waals surface area contributed by atoms with Gasteiger partial charge in [-0.1, -0.05) is 6.07 Å². The topological polar surface area (TPSA) is 44.6 Å². The number of likely N-dealkylation sites (tertiary alicyclic amines) is 1. The number of imidazole rings is 1. The maximum absolute atomic E-state index is 13.0. The molecule has 3 heterocycles. The van der Waals surface area contributed by atoms with Gasteiger partial charge in [0, 0.05) is 63.4 Å². The highest BCUT2D eigenvalue weighted by atomic mass is 19.4. The largest absolute Gasteiger partial charge is 0.416 e. The number of piperazine rings is 1. The molecule has 2 fully saturated rings. The van der Waals surface area contributed by atoms with Gasteiger partial charge in [-0.3, -0.25) is 9.69 Å². The predicted molar refractivity (Wildman–Crippen MR) is 107 cm³/mol. The van der Waals surface area contributed by atoms with Gasteiger partial charge in [-0.25, -0.2) is 4.98 Å². The Labute approximate surface area is 173 Å². The Morgan fingerprint density at radius 3 is 2.63 bits per heavy atom. The molecular formula is C21H26F3N5O. The minimum Gasteiger partial charge on any atom is -0.369 e. The van der Waals surface area contributed by atoms with Crippen LogP contribution in [0.2, 0.25) is 0 Å². The summed E-state index contributed by atoms with van der Waals surface area (Å²) in [4.78, 5) is 22.9. The summed E-state index contributed by atoms with van der Waals surface area (Å²) in [5.74, 6) is 0.0975. The Bertz CT molecular complexity index is 847. The highest BCUT2D eigenvalue weighted by Gasteiger charge is 2.32. The van der Waals surface area contributed by atoms with E-state index in [2.05, 4.69) is 9.88 Å². The first-order valence-electron chi connectivity index (χ1n) is 10.3. The Balaban J connectivity index is 1.32. The first-order valence-corrected chi connectivity index (χ1v) is 10.3. The third-order valence-corrected chi connectivity index (χ3v) is 6.00. The lowest BCUT2D eigenvalue weighted by molar-refractivity contribution is -0.137. The number of alkyl halides is 3. The first-order chi connectivity index (χ1) is 14.4. The molecule has 1 aromatic heterocycles. The van der Waals surface area contributed by atoms with Crippen molar-refractivity contribution in [2.45, 2.75) is 31.6 Å². The second-order valence-electron chi connectivity index (χ2n) is 7.94. The van der Waals surface area contributed by atoms with Crippen molar-refractivity contribution in [1.29, 1.82) is 0 Å². The van der Waals surface area contributed by atoms with Gasteiger partial charge < -0.3 is 14.4 Å². The number of halogens is 3. The molecule has 0 saturated carbocycles. The van der Waals surface area contributed by atoms with Crippen LogP contribution in [0.25, 0.3) is 0 Å². The van der Waals surface area contributed by atoms with Gasteiger partial charge in [-0.15, -0.1) is 0 Å². The standard InChI is InChI=1S/C21H26F3N5O/c22-21(23,24)17-3-1-4-18(13-17)27-9-11-28(12-10-27)19-5-2-7-29(14-19)20(30)15-26-8-6-25-16-26/h1,3-4,6,8,13,16,19H,2,5,7,9-12,14-15H2. The number of benzene rings is 1. The third-order valence-electron chi connectivity index (χ3n) is 6.00. The molecule has 1 atom stereocenters. The zero-order valence-corrected chi connectivity index (χ0v) is 16.8. The normalized spacial score (nSPS) is 21.1. The minimum atomic E-state index is -4.33. The number of piperidine rings is 1. The molecule has 6 nitrogen and oxygen atoms in total. The van der Waals surface area contributed by atoms with Crippen molar-refractivity contribution in [3.8, 4) is 0 Å². The molecule has 0 aliphatic carbocycles. The van der Waals surface area contributed by atoms with E-state index in [4.69, 9.17) is 0 Å². The van der Waals surface area contributed by atoms with E-state index in [9.17, 15) is 18.0 Å². The lowest BCUT2D eigenvalue weighted by atomic mass is 10.0. The van der Waals surface area contributed by atoms with Crippen molar-refractivity contribution in [2.24, 2.45) is 0 Å². The van der Waals surface area contributed by atoms with Crippen LogP contribution >= 0.6 is 0 Å². The van der Waals surface area contributed by atoms with E-state index < -0.39 is 11.7 Å². The van der Waals surface area contributed by atoms with E-state index in [1.807, 2.05) is 9.80 Å². The quantitative estimate of drug-likeness (QED) is 0.762. The maximum atomic E-state index is 13.0. The number of anilines is 1. The number of carbonyl (C=O) groups is 1. The van der Waals surface area contributed by atoms with Crippen LogP contribution in [0.5, 0.6) is 0 Å². The summed E-state index contributed by atoms with van der Waals surface area (Å²) in [6.07, 6.45) is 2.77. The Morgan fingerprint density at radius 1 is 1.13 bits per heavy atom. The number of hydrogen-bond acceptors (Lipinski definition) is 4. The third kappa shape index (κ3) is 4.77. The zero-order valence-electron chi connectivity index (χ0n) is 16.8. The molecule has 1 aromatic carbocycles. The van der Waals surface area contributed by atoms with Gasteiger partial charge in [0.2, 0.25) is 5.91 Å². The highest BCUT2D eigenvalue weighted by molar-refractivity contribution is 5.76. The average molecular weight is 421 g/mol. The monoisotopic (exact) mass is 421 g/mol. The molecule has 2 saturated heterocycles. The van der Waals surface area contributed by atoms with Gasteiger partial charge in [-0.2, -0.15) is 13.2 Å². The molecule has 0 radical (unpaired) electrons. The molecule has 4 rings (SSSR count). The molecule has 30 heavy (non-hydrogen) atoms. The van der Waals surface area contributed by atoms with E-state index in [1.54, 1.807) is 29.4 Å². The maximum Gasteiger partial charge on any atom is 0.416 e. The number of nitrogens with zero attached hydrogens (tertiary/aromatic N) is 5. The second kappa shape index (κ2) is 8.67. The van der Waals surface area contributed by atoms with E-state index in [0.717, 1.165) is 38.5 Å². The number of carbonyl (C=O) groups excluding carboxylic acids is 1. The smallest absolute Gasteiger partial charge is 0.369 e. The first kappa shape index (κ1) is 20.7. The van der Waals surface area contributed by atoms with E-state index in [1.165, 1.54) is 12.1 Å². The number of rotatable bonds is 4. The molecule has 2 aliphatic rings. The average Bonchev–Trinajstić information content (AvgIpc) is 3.26. The SMILES string of the molecule is O=C(Cn1ccnc1)N1CCCC(N2CCN(c3cccc(C(F)(F)F)c3)CC2)C1. The molecule has 2 aromatic rings. The summed E-state index contributed by atoms with van der Waals surface area (Å²) in [7, 11) is 0. The van der Waals surface area contributed by atoms with E-state index in [-0.39, 0.29) is 5.91 Å². The molecule has 1 amide bonds. The van der Waals surface area contributed by atoms with Gasteiger partial charge in [0.25, 0.3) is 0 Å². The fourth-order valence-electron chi connectivity index (χ4n) is 4.34. The number of aromatic nitrogens is 2. The lowest BCUT2D eigenvalue weighted by Crippen LogP contribution is -2.56. The summed E-state index contributed by atoms with van der Waals surface area (Å²) in [6, 6.07) is 5.84. The fraction of sp³-hybridized carbons (Fsp3) is 0.524. The van der Waals surface area contributed by atoms with Crippen LogP contribution in [0, 0.1) is 0 Å². The predicted octanol–water partition coefficient (Wildman–Crippen LogP) is 2.72. The number of amides is 1. The van der Waals surface area contributed by atoms with Crippen LogP contribution in [0.15, 0.2) is 43.0 Å². The molecule has 0 N–H and O–H groups in total. The van der Waals surface area contributed by atoms with Crippen molar-refractivity contribution < 1.29 is 18.0 Å². The molecule has 1 unspecified atom stereocenters.